The van der Waals surface area contributed by atoms with Crippen LogP contribution >= 0.6 is 0 Å². The largest absolute Gasteiger partial charge is 0.343 e. The molecule has 4 aromatic rings. The van der Waals surface area contributed by atoms with E-state index in [1.54, 1.807) is 4.52 Å². The van der Waals surface area contributed by atoms with Crippen LogP contribution in [0.4, 0.5) is 0 Å². The van der Waals surface area contributed by atoms with E-state index in [4.69, 9.17) is 5.10 Å². The van der Waals surface area contributed by atoms with Gasteiger partial charge >= 0.3 is 0 Å². The van der Waals surface area contributed by atoms with Gasteiger partial charge in [-0.3, -0.25) is 9.78 Å². The Balaban J connectivity index is 1.20. The van der Waals surface area contributed by atoms with Gasteiger partial charge in [0, 0.05) is 37.1 Å². The molecule has 0 saturated carbocycles. The topological polar surface area (TPSA) is 94.1 Å². The lowest BCUT2D eigenvalue weighted by molar-refractivity contribution is -0.132. The average Bonchev–Trinajstić information content (AvgIpc) is 3.37. The second kappa shape index (κ2) is 9.32. The smallest absolute Gasteiger partial charge is 0.222 e. The first-order valence-electron chi connectivity index (χ1n) is 11.9. The summed E-state index contributed by atoms with van der Waals surface area (Å²) in [4.78, 5) is 19.4. The van der Waals surface area contributed by atoms with Gasteiger partial charge in [-0.05, 0) is 82.2 Å². The zero-order chi connectivity index (χ0) is 23.7. The van der Waals surface area contributed by atoms with Gasteiger partial charge in [0.1, 0.15) is 0 Å². The van der Waals surface area contributed by atoms with Crippen LogP contribution in [0.3, 0.4) is 0 Å². The number of carbonyl (C=O) groups is 1. The molecule has 1 amide bonds. The molecular formula is C25H30N8O. The Morgan fingerprint density at radius 1 is 1.03 bits per heavy atom. The molecule has 34 heavy (non-hydrogen) atoms. The maximum absolute atomic E-state index is 12.9. The van der Waals surface area contributed by atoms with E-state index in [1.807, 2.05) is 60.8 Å². The summed E-state index contributed by atoms with van der Waals surface area (Å²) in [5.41, 5.74) is 4.90. The number of likely N-dealkylation sites (tertiary alicyclic amines) is 1. The number of nitrogens with zero attached hydrogens (tertiary/aromatic N) is 8. The molecule has 5 heterocycles. The number of carbonyl (C=O) groups excluding carboxylic acids is 1. The third kappa shape index (κ3) is 4.42. The third-order valence-corrected chi connectivity index (χ3v) is 6.84. The standard InChI is InChI=1S/C25H30N8O/c1-17-22(18(2)32(29-17)24-9-8-23-28-27-19(3)33(23)30-24)7-10-25(34)31-14-11-20(12-15-31)16-21-6-4-5-13-26-21/h4-6,8-9,13,20H,7,10-12,14-16H2,1-3H3. The number of pyridine rings is 1. The minimum Gasteiger partial charge on any atom is -0.343 e. The molecule has 0 atom stereocenters. The monoisotopic (exact) mass is 458 g/mol. The van der Waals surface area contributed by atoms with E-state index in [9.17, 15) is 4.79 Å². The van der Waals surface area contributed by atoms with Gasteiger partial charge in [-0.15, -0.1) is 15.3 Å². The van der Waals surface area contributed by atoms with Crippen molar-refractivity contribution in [1.29, 1.82) is 0 Å². The minimum absolute atomic E-state index is 0.225. The van der Waals surface area contributed by atoms with Gasteiger partial charge in [0.05, 0.1) is 5.69 Å². The van der Waals surface area contributed by atoms with E-state index in [0.29, 0.717) is 30.2 Å². The summed E-state index contributed by atoms with van der Waals surface area (Å²) in [6.45, 7) is 7.56. The fourth-order valence-corrected chi connectivity index (χ4v) is 4.85. The van der Waals surface area contributed by atoms with E-state index in [-0.39, 0.29) is 5.91 Å². The van der Waals surface area contributed by atoms with Crippen LogP contribution in [-0.2, 0) is 17.6 Å². The van der Waals surface area contributed by atoms with E-state index in [1.165, 1.54) is 0 Å². The number of aromatic nitrogens is 7. The van der Waals surface area contributed by atoms with Crippen LogP contribution in [0.5, 0.6) is 0 Å². The lowest BCUT2D eigenvalue weighted by Crippen LogP contribution is -2.39. The molecular weight excluding hydrogens is 428 g/mol. The maximum atomic E-state index is 12.9. The molecule has 0 unspecified atom stereocenters. The van der Waals surface area contributed by atoms with Crippen molar-refractivity contribution in [3.05, 3.63) is 65.0 Å². The van der Waals surface area contributed by atoms with E-state index in [2.05, 4.69) is 26.3 Å². The number of hydrogen-bond donors (Lipinski definition) is 0. The normalized spacial score (nSPS) is 14.7. The number of amides is 1. The van der Waals surface area contributed by atoms with Crippen molar-refractivity contribution in [1.82, 2.24) is 39.5 Å². The number of piperidine rings is 1. The number of aryl methyl sites for hydroxylation is 2. The van der Waals surface area contributed by atoms with Gasteiger partial charge in [-0.2, -0.15) is 9.61 Å². The second-order valence-corrected chi connectivity index (χ2v) is 9.12. The SMILES string of the molecule is Cc1nn(-c2ccc3nnc(C)n3n2)c(C)c1CCC(=O)N1CCC(Cc2ccccn2)CC1. The molecule has 1 fully saturated rings. The maximum Gasteiger partial charge on any atom is 0.222 e. The van der Waals surface area contributed by atoms with Gasteiger partial charge < -0.3 is 4.90 Å². The highest BCUT2D eigenvalue weighted by Crippen LogP contribution is 2.23. The van der Waals surface area contributed by atoms with Crippen LogP contribution in [0.1, 0.15) is 47.7 Å². The molecule has 0 aliphatic carbocycles. The number of rotatable bonds is 6. The molecule has 1 aliphatic rings. The van der Waals surface area contributed by atoms with Crippen molar-refractivity contribution in [3.63, 3.8) is 0 Å². The number of fused-ring (bicyclic) bond motifs is 1. The molecule has 0 aromatic carbocycles. The highest BCUT2D eigenvalue weighted by atomic mass is 16.2. The van der Waals surface area contributed by atoms with Crippen molar-refractivity contribution in [2.45, 2.75) is 52.9 Å². The predicted octanol–water partition coefficient (Wildman–Crippen LogP) is 3.04. The molecule has 0 N–H and O–H groups in total. The van der Waals surface area contributed by atoms with Crippen molar-refractivity contribution in [3.8, 4) is 5.82 Å². The van der Waals surface area contributed by atoms with Crippen LogP contribution < -0.4 is 0 Å². The Labute approximate surface area is 198 Å². The molecule has 0 radical (unpaired) electrons. The molecule has 176 valence electrons. The summed E-state index contributed by atoms with van der Waals surface area (Å²) >= 11 is 0. The fourth-order valence-electron chi connectivity index (χ4n) is 4.85. The zero-order valence-electron chi connectivity index (χ0n) is 20.0. The first-order chi connectivity index (χ1) is 16.5. The van der Waals surface area contributed by atoms with Gasteiger partial charge in [0.15, 0.2) is 17.3 Å². The lowest BCUT2D eigenvalue weighted by atomic mass is 9.91. The molecule has 1 aliphatic heterocycles. The average molecular weight is 459 g/mol. The summed E-state index contributed by atoms with van der Waals surface area (Å²) in [5, 5.41) is 17.5. The second-order valence-electron chi connectivity index (χ2n) is 9.12. The Morgan fingerprint density at radius 2 is 1.85 bits per heavy atom. The van der Waals surface area contributed by atoms with Crippen molar-refractivity contribution < 1.29 is 4.79 Å². The molecule has 0 spiro atoms. The quantitative estimate of drug-likeness (QED) is 0.441. The Hall–Kier alpha value is -3.62. The highest BCUT2D eigenvalue weighted by Gasteiger charge is 2.24. The minimum atomic E-state index is 0.225. The molecule has 5 rings (SSSR count). The van der Waals surface area contributed by atoms with Crippen LogP contribution in [0.25, 0.3) is 11.5 Å². The molecule has 9 nitrogen and oxygen atoms in total. The van der Waals surface area contributed by atoms with Crippen LogP contribution in [0.15, 0.2) is 36.5 Å². The summed E-state index contributed by atoms with van der Waals surface area (Å²) in [7, 11) is 0. The third-order valence-electron chi connectivity index (χ3n) is 6.84. The molecule has 4 aromatic heterocycles. The Bertz CT molecular complexity index is 1300. The van der Waals surface area contributed by atoms with Gasteiger partial charge in [0.2, 0.25) is 5.91 Å². The van der Waals surface area contributed by atoms with Crippen molar-refractivity contribution in [2.75, 3.05) is 13.1 Å². The zero-order valence-corrected chi connectivity index (χ0v) is 20.0. The molecule has 9 heteroatoms. The van der Waals surface area contributed by atoms with Gasteiger partial charge in [0.25, 0.3) is 0 Å². The van der Waals surface area contributed by atoms with E-state index in [0.717, 1.165) is 60.8 Å². The Kier molecular flexibility index (Phi) is 6.08. The fraction of sp³-hybridized carbons (Fsp3) is 0.440. The first kappa shape index (κ1) is 22.2. The summed E-state index contributed by atoms with van der Waals surface area (Å²) < 4.78 is 3.56. The van der Waals surface area contributed by atoms with Crippen LogP contribution in [0.2, 0.25) is 0 Å². The van der Waals surface area contributed by atoms with E-state index >= 15 is 0 Å². The van der Waals surface area contributed by atoms with E-state index < -0.39 is 0 Å². The highest BCUT2D eigenvalue weighted by molar-refractivity contribution is 5.76. The summed E-state index contributed by atoms with van der Waals surface area (Å²) in [6.07, 6.45) is 6.09. The predicted molar refractivity (Wildman–Crippen MR) is 128 cm³/mol. The van der Waals surface area contributed by atoms with Gasteiger partial charge in [-0.1, -0.05) is 6.07 Å². The lowest BCUT2D eigenvalue weighted by Gasteiger charge is -2.32. The summed E-state index contributed by atoms with van der Waals surface area (Å²) in [6, 6.07) is 9.86. The van der Waals surface area contributed by atoms with Crippen LogP contribution in [-0.4, -0.2) is 58.5 Å². The van der Waals surface area contributed by atoms with Crippen molar-refractivity contribution >= 4 is 11.6 Å². The van der Waals surface area contributed by atoms with Crippen molar-refractivity contribution in [2.24, 2.45) is 5.92 Å². The molecule has 1 saturated heterocycles. The van der Waals surface area contributed by atoms with Crippen LogP contribution in [0, 0.1) is 26.7 Å². The van der Waals surface area contributed by atoms with Gasteiger partial charge in [-0.25, -0.2) is 4.68 Å². The number of hydrogen-bond acceptors (Lipinski definition) is 6. The molecule has 0 bridgehead atoms. The Morgan fingerprint density at radius 3 is 2.62 bits per heavy atom. The summed E-state index contributed by atoms with van der Waals surface area (Å²) in [5.74, 6) is 2.26. The first-order valence-corrected chi connectivity index (χ1v) is 11.9.